The van der Waals surface area contributed by atoms with Crippen molar-refractivity contribution in [1.29, 1.82) is 5.26 Å². The van der Waals surface area contributed by atoms with E-state index in [9.17, 15) is 19.2 Å². The van der Waals surface area contributed by atoms with E-state index in [4.69, 9.17) is 4.74 Å². The number of carbonyl (C=O) groups excluding carboxylic acids is 2. The minimum atomic E-state index is -0.614. The Morgan fingerprint density at radius 1 is 1.16 bits per heavy atom. The van der Waals surface area contributed by atoms with E-state index in [2.05, 4.69) is 11.2 Å². The van der Waals surface area contributed by atoms with Crippen LogP contribution in [0.5, 0.6) is 0 Å². The quantitative estimate of drug-likeness (QED) is 0.438. The molecule has 0 bridgehead atoms. The summed E-state index contributed by atoms with van der Waals surface area (Å²) in [6.07, 6.45) is 5.20. The number of ether oxygens (including phenoxy) is 1. The third-order valence-electron chi connectivity index (χ3n) is 7.07. The first kappa shape index (κ1) is 25.7. The molecule has 196 valence electrons. The average molecular weight is 515 g/mol. The van der Waals surface area contributed by atoms with Gasteiger partial charge in [-0.05, 0) is 101 Å². The smallest absolute Gasteiger partial charge is 0.435 e. The molecule has 7 nitrogen and oxygen atoms in total. The lowest BCUT2D eigenvalue weighted by Gasteiger charge is -2.34. The Morgan fingerprint density at radius 3 is 2.58 bits per heavy atom. The molecule has 2 aromatic carbocycles. The van der Waals surface area contributed by atoms with Crippen LogP contribution >= 0.6 is 0 Å². The van der Waals surface area contributed by atoms with E-state index in [1.807, 2.05) is 32.6 Å². The molecule has 1 fully saturated rings. The molecule has 1 heterocycles. The third-order valence-corrected chi connectivity index (χ3v) is 7.07. The van der Waals surface area contributed by atoms with Gasteiger partial charge in [-0.15, -0.1) is 0 Å². The van der Waals surface area contributed by atoms with Crippen LogP contribution in [0.2, 0.25) is 0 Å². The first-order chi connectivity index (χ1) is 18.1. The van der Waals surface area contributed by atoms with Crippen molar-refractivity contribution in [3.63, 3.8) is 0 Å². The highest BCUT2D eigenvalue weighted by molar-refractivity contribution is 5.96. The van der Waals surface area contributed by atoms with Crippen LogP contribution < -0.4 is 0 Å². The monoisotopic (exact) mass is 514 g/mol. The zero-order valence-corrected chi connectivity index (χ0v) is 22.1. The van der Waals surface area contributed by atoms with Gasteiger partial charge in [-0.1, -0.05) is 12.1 Å². The van der Waals surface area contributed by atoms with Crippen molar-refractivity contribution >= 4 is 12.0 Å². The molecule has 0 spiro atoms. The Kier molecular flexibility index (Phi) is 6.56. The Hall–Kier alpha value is -3.99. The van der Waals surface area contributed by atoms with Crippen molar-refractivity contribution in [3.05, 3.63) is 76.4 Å². The van der Waals surface area contributed by atoms with Crippen molar-refractivity contribution < 1.29 is 18.7 Å². The Bertz CT molecular complexity index is 1460. The Balaban J connectivity index is 1.38. The molecule has 2 aliphatic carbocycles. The molecule has 1 unspecified atom stereocenters. The summed E-state index contributed by atoms with van der Waals surface area (Å²) >= 11 is 0. The molecule has 3 aromatic rings. The van der Waals surface area contributed by atoms with E-state index in [-0.39, 0.29) is 29.1 Å². The summed E-state index contributed by atoms with van der Waals surface area (Å²) in [5.41, 5.74) is 3.61. The van der Waals surface area contributed by atoms with Gasteiger partial charge in [-0.2, -0.15) is 15.0 Å². The maximum atomic E-state index is 14.6. The zero-order valence-electron chi connectivity index (χ0n) is 22.1. The summed E-state index contributed by atoms with van der Waals surface area (Å²) in [5, 5.41) is 13.9. The van der Waals surface area contributed by atoms with E-state index >= 15 is 0 Å². The lowest BCUT2D eigenvalue weighted by atomic mass is 9.91. The molecule has 0 radical (unpaired) electrons. The summed E-state index contributed by atoms with van der Waals surface area (Å²) in [5.74, 6) is -0.514. The SMILES string of the molecule is Cc1cc(C(=O)N(C2CC2)C2CCc3nn(C(=O)OC(C)(C)C)cc3C2)ccc1-c1c(F)cccc1C#N. The number of nitrogens with zero attached hydrogens (tertiary/aromatic N) is 4. The van der Waals surface area contributed by atoms with Crippen LogP contribution in [0.1, 0.15) is 72.8 Å². The zero-order chi connectivity index (χ0) is 27.2. The first-order valence-electron chi connectivity index (χ1n) is 13.0. The third kappa shape index (κ3) is 5.06. The Morgan fingerprint density at radius 2 is 1.92 bits per heavy atom. The van der Waals surface area contributed by atoms with Gasteiger partial charge in [-0.25, -0.2) is 9.18 Å². The van der Waals surface area contributed by atoms with Gasteiger partial charge < -0.3 is 9.64 Å². The van der Waals surface area contributed by atoms with Gasteiger partial charge in [0.2, 0.25) is 0 Å². The van der Waals surface area contributed by atoms with Gasteiger partial charge in [0.1, 0.15) is 11.4 Å². The van der Waals surface area contributed by atoms with E-state index < -0.39 is 17.5 Å². The second-order valence-corrected chi connectivity index (χ2v) is 11.2. The standard InChI is InChI=1S/C30H31FN4O3/c1-18-14-19(8-12-24(18)27-20(16-32)6-5-7-25(27)31)28(36)35(22-9-10-22)23-11-13-26-21(15-23)17-34(33-26)29(37)38-30(2,3)4/h5-8,12,14,17,22-23H,9-11,13,15H2,1-4H3. The van der Waals surface area contributed by atoms with Crippen LogP contribution in [-0.2, 0) is 17.6 Å². The summed E-state index contributed by atoms with van der Waals surface area (Å²) in [6.45, 7) is 7.28. The van der Waals surface area contributed by atoms with E-state index in [1.54, 1.807) is 30.5 Å². The van der Waals surface area contributed by atoms with E-state index in [1.165, 1.54) is 16.8 Å². The number of aryl methyl sites for hydroxylation is 2. The van der Waals surface area contributed by atoms with Gasteiger partial charge >= 0.3 is 6.09 Å². The van der Waals surface area contributed by atoms with Crippen molar-refractivity contribution in [2.45, 2.75) is 77.5 Å². The lowest BCUT2D eigenvalue weighted by molar-refractivity contribution is 0.0513. The maximum Gasteiger partial charge on any atom is 0.435 e. The molecule has 1 amide bonds. The maximum absolute atomic E-state index is 14.6. The number of benzene rings is 2. The molecular formula is C30H31FN4O3. The number of nitriles is 1. The molecule has 1 atom stereocenters. The average Bonchev–Trinajstić information content (AvgIpc) is 3.59. The molecule has 1 aromatic heterocycles. The summed E-state index contributed by atoms with van der Waals surface area (Å²) in [6, 6.07) is 11.9. The number of carbonyl (C=O) groups is 2. The molecule has 2 aliphatic rings. The first-order valence-corrected chi connectivity index (χ1v) is 13.0. The van der Waals surface area contributed by atoms with Crippen molar-refractivity contribution in [2.75, 3.05) is 0 Å². The predicted octanol–water partition coefficient (Wildman–Crippen LogP) is 5.81. The highest BCUT2D eigenvalue weighted by atomic mass is 19.1. The molecule has 8 heteroatoms. The van der Waals surface area contributed by atoms with Gasteiger partial charge in [0.15, 0.2) is 0 Å². The molecule has 0 saturated heterocycles. The summed E-state index contributed by atoms with van der Waals surface area (Å²) in [7, 11) is 0. The lowest BCUT2D eigenvalue weighted by Crippen LogP contribution is -2.44. The van der Waals surface area contributed by atoms with Crippen LogP contribution in [0, 0.1) is 24.1 Å². The van der Waals surface area contributed by atoms with E-state index in [0.29, 0.717) is 24.0 Å². The fourth-order valence-electron chi connectivity index (χ4n) is 5.23. The highest BCUT2D eigenvalue weighted by Gasteiger charge is 2.40. The second kappa shape index (κ2) is 9.71. The minimum absolute atomic E-state index is 0.00414. The number of hydrogen-bond donors (Lipinski definition) is 0. The van der Waals surface area contributed by atoms with Gasteiger partial charge in [-0.3, -0.25) is 4.79 Å². The number of rotatable bonds is 4. The van der Waals surface area contributed by atoms with Gasteiger partial charge in [0, 0.05) is 29.4 Å². The van der Waals surface area contributed by atoms with Gasteiger partial charge in [0.25, 0.3) is 5.91 Å². The van der Waals surface area contributed by atoms with Crippen LogP contribution in [0.25, 0.3) is 11.1 Å². The van der Waals surface area contributed by atoms with Crippen LogP contribution in [0.4, 0.5) is 9.18 Å². The number of halogens is 1. The predicted molar refractivity (Wildman–Crippen MR) is 140 cm³/mol. The molecule has 0 N–H and O–H groups in total. The topological polar surface area (TPSA) is 88.2 Å². The largest absolute Gasteiger partial charge is 0.442 e. The normalized spacial score (nSPS) is 16.9. The summed E-state index contributed by atoms with van der Waals surface area (Å²) < 4.78 is 21.4. The fourth-order valence-corrected chi connectivity index (χ4v) is 5.23. The van der Waals surface area contributed by atoms with Crippen LogP contribution in [0.15, 0.2) is 42.6 Å². The molecule has 5 rings (SSSR count). The Labute approximate surface area is 221 Å². The fraction of sp³-hybridized carbons (Fsp3) is 0.400. The van der Waals surface area contributed by atoms with Crippen LogP contribution in [0.3, 0.4) is 0 Å². The number of amides is 1. The highest BCUT2D eigenvalue weighted by Crippen LogP contribution is 2.36. The van der Waals surface area contributed by atoms with E-state index in [0.717, 1.165) is 36.1 Å². The van der Waals surface area contributed by atoms with Crippen LogP contribution in [-0.4, -0.2) is 44.4 Å². The molecule has 0 aliphatic heterocycles. The van der Waals surface area contributed by atoms with Crippen molar-refractivity contribution in [3.8, 4) is 17.2 Å². The van der Waals surface area contributed by atoms with Crippen molar-refractivity contribution in [1.82, 2.24) is 14.7 Å². The molecular weight excluding hydrogens is 483 g/mol. The molecule has 1 saturated carbocycles. The van der Waals surface area contributed by atoms with Gasteiger partial charge in [0.05, 0.1) is 17.3 Å². The number of hydrogen-bond acceptors (Lipinski definition) is 5. The number of aromatic nitrogens is 2. The van der Waals surface area contributed by atoms with Crippen molar-refractivity contribution in [2.24, 2.45) is 0 Å². The number of fused-ring (bicyclic) bond motifs is 1. The second-order valence-electron chi connectivity index (χ2n) is 11.2. The molecule has 38 heavy (non-hydrogen) atoms. The summed E-state index contributed by atoms with van der Waals surface area (Å²) in [4.78, 5) is 28.3. The minimum Gasteiger partial charge on any atom is -0.442 e.